The van der Waals surface area contributed by atoms with Crippen LogP contribution in [-0.4, -0.2) is 31.7 Å². The van der Waals surface area contributed by atoms with Crippen molar-refractivity contribution in [3.05, 3.63) is 42.1 Å². The van der Waals surface area contributed by atoms with Crippen LogP contribution < -0.4 is 5.32 Å². The first kappa shape index (κ1) is 11.1. The van der Waals surface area contributed by atoms with Crippen molar-refractivity contribution in [3.63, 3.8) is 0 Å². The van der Waals surface area contributed by atoms with Crippen LogP contribution in [0, 0.1) is 0 Å². The summed E-state index contributed by atoms with van der Waals surface area (Å²) >= 11 is 0. The highest BCUT2D eigenvalue weighted by atomic mass is 16.5. The number of carbonyl (C=O) groups is 1. The first-order valence-electron chi connectivity index (χ1n) is 5.40. The fourth-order valence-electron chi connectivity index (χ4n) is 1.50. The van der Waals surface area contributed by atoms with Crippen LogP contribution in [0.4, 0.5) is 5.95 Å². The summed E-state index contributed by atoms with van der Waals surface area (Å²) in [5, 5.41) is 18.9. The normalized spacial score (nSPS) is 10.3. The van der Waals surface area contributed by atoms with Gasteiger partial charge in [0.25, 0.3) is 11.9 Å². The molecule has 1 amide bonds. The monoisotopic (exact) mass is 256 g/mol. The molecule has 2 heterocycles. The molecule has 3 aromatic rings. The summed E-state index contributed by atoms with van der Waals surface area (Å²) in [6.45, 7) is 0. The van der Waals surface area contributed by atoms with Crippen molar-refractivity contribution >= 4 is 11.9 Å². The average molecular weight is 256 g/mol. The summed E-state index contributed by atoms with van der Waals surface area (Å²) in [6, 6.07) is 10.9. The Bertz CT molecular complexity index is 676. The Kier molecular flexibility index (Phi) is 2.73. The van der Waals surface area contributed by atoms with Crippen LogP contribution in [0.2, 0.25) is 0 Å². The van der Waals surface area contributed by atoms with Gasteiger partial charge in [0, 0.05) is 11.6 Å². The minimum absolute atomic E-state index is 0.0780. The molecule has 2 aromatic heterocycles. The molecule has 94 valence electrons. The quantitative estimate of drug-likeness (QED) is 0.726. The summed E-state index contributed by atoms with van der Waals surface area (Å²) in [5.41, 5.74) is 0.984. The summed E-state index contributed by atoms with van der Waals surface area (Å²) in [4.78, 5) is 11.8. The Labute approximate surface area is 106 Å². The number of rotatable bonds is 3. The number of tetrazole rings is 1. The van der Waals surface area contributed by atoms with Gasteiger partial charge in [-0.1, -0.05) is 40.6 Å². The Morgan fingerprint density at radius 2 is 2.11 bits per heavy atom. The summed E-state index contributed by atoms with van der Waals surface area (Å²) in [6.07, 6.45) is 0. The summed E-state index contributed by atoms with van der Waals surface area (Å²) in [5.74, 6) is 0.125. The van der Waals surface area contributed by atoms with E-state index in [0.29, 0.717) is 5.76 Å². The second-order valence-electron chi connectivity index (χ2n) is 3.63. The van der Waals surface area contributed by atoms with Crippen LogP contribution in [0.25, 0.3) is 11.3 Å². The lowest BCUT2D eigenvalue weighted by molar-refractivity contribution is 0.101. The van der Waals surface area contributed by atoms with Gasteiger partial charge in [-0.05, 0) is 5.21 Å². The molecule has 0 aliphatic carbocycles. The van der Waals surface area contributed by atoms with Gasteiger partial charge >= 0.3 is 0 Å². The van der Waals surface area contributed by atoms with Crippen molar-refractivity contribution in [2.45, 2.75) is 0 Å². The maximum Gasteiger partial charge on any atom is 0.280 e. The molecule has 0 aliphatic heterocycles. The Hall–Kier alpha value is -3.03. The minimum atomic E-state index is -0.465. The zero-order chi connectivity index (χ0) is 13.1. The first-order chi connectivity index (χ1) is 9.33. The van der Waals surface area contributed by atoms with Gasteiger partial charge in [0.1, 0.15) is 0 Å². The largest absolute Gasteiger partial charge is 0.355 e. The van der Waals surface area contributed by atoms with Crippen molar-refractivity contribution < 1.29 is 9.32 Å². The SMILES string of the molecule is O=C(Nc1nn[nH]n1)c1cc(-c2ccccc2)on1. The number of hydrogen-bond donors (Lipinski definition) is 2. The van der Waals surface area contributed by atoms with Crippen LogP contribution in [0.5, 0.6) is 0 Å². The molecule has 1 aromatic carbocycles. The standard InChI is InChI=1S/C11H8N6O2/c18-10(12-11-13-16-17-14-11)8-6-9(19-15-8)7-4-2-1-3-5-7/h1-6H,(H2,12,13,14,16,17,18). The predicted octanol–water partition coefficient (Wildman–Crippen LogP) is 1.11. The molecule has 0 saturated heterocycles. The van der Waals surface area contributed by atoms with Gasteiger partial charge in [-0.25, -0.2) is 0 Å². The van der Waals surface area contributed by atoms with Gasteiger partial charge in [0.15, 0.2) is 11.5 Å². The fourth-order valence-corrected chi connectivity index (χ4v) is 1.50. The zero-order valence-corrected chi connectivity index (χ0v) is 9.57. The fraction of sp³-hybridized carbons (Fsp3) is 0. The van der Waals surface area contributed by atoms with E-state index in [1.165, 1.54) is 0 Å². The molecule has 0 unspecified atom stereocenters. The van der Waals surface area contributed by atoms with Crippen LogP contribution in [-0.2, 0) is 0 Å². The molecule has 2 N–H and O–H groups in total. The Morgan fingerprint density at radius 1 is 1.26 bits per heavy atom. The third-order valence-electron chi connectivity index (χ3n) is 2.37. The zero-order valence-electron chi connectivity index (χ0n) is 9.57. The number of H-pyrrole nitrogens is 1. The van der Waals surface area contributed by atoms with Gasteiger partial charge in [0.2, 0.25) is 0 Å². The van der Waals surface area contributed by atoms with E-state index in [2.05, 4.69) is 31.1 Å². The predicted molar refractivity (Wildman–Crippen MR) is 64.1 cm³/mol. The maximum absolute atomic E-state index is 11.8. The number of hydrogen-bond acceptors (Lipinski definition) is 6. The van der Waals surface area contributed by atoms with Crippen molar-refractivity contribution in [2.24, 2.45) is 0 Å². The highest BCUT2D eigenvalue weighted by molar-refractivity contribution is 6.02. The van der Waals surface area contributed by atoms with Gasteiger partial charge in [-0.15, -0.1) is 5.10 Å². The number of anilines is 1. The van der Waals surface area contributed by atoms with Crippen LogP contribution in [0.3, 0.4) is 0 Å². The highest BCUT2D eigenvalue weighted by Crippen LogP contribution is 2.19. The smallest absolute Gasteiger partial charge is 0.280 e. The molecule has 3 rings (SSSR count). The molecule has 0 radical (unpaired) electrons. The van der Waals surface area contributed by atoms with E-state index < -0.39 is 5.91 Å². The number of benzene rings is 1. The van der Waals surface area contributed by atoms with Crippen molar-refractivity contribution in [1.82, 2.24) is 25.8 Å². The maximum atomic E-state index is 11.8. The van der Waals surface area contributed by atoms with E-state index in [4.69, 9.17) is 4.52 Å². The molecule has 0 bridgehead atoms. The lowest BCUT2D eigenvalue weighted by atomic mass is 10.1. The van der Waals surface area contributed by atoms with Gasteiger partial charge in [0.05, 0.1) is 0 Å². The van der Waals surface area contributed by atoms with Crippen molar-refractivity contribution in [3.8, 4) is 11.3 Å². The molecule has 0 fully saturated rings. The van der Waals surface area contributed by atoms with E-state index in [1.54, 1.807) is 6.07 Å². The number of aromatic nitrogens is 5. The van der Waals surface area contributed by atoms with E-state index >= 15 is 0 Å². The van der Waals surface area contributed by atoms with E-state index in [0.717, 1.165) is 5.56 Å². The molecule has 0 aliphatic rings. The van der Waals surface area contributed by atoms with Gasteiger partial charge in [-0.3, -0.25) is 10.1 Å². The molecule has 8 heteroatoms. The summed E-state index contributed by atoms with van der Waals surface area (Å²) in [7, 11) is 0. The molecule has 0 atom stereocenters. The minimum Gasteiger partial charge on any atom is -0.355 e. The number of carbonyl (C=O) groups excluding carboxylic acids is 1. The topological polar surface area (TPSA) is 110 Å². The van der Waals surface area contributed by atoms with Crippen LogP contribution in [0.15, 0.2) is 40.9 Å². The number of amides is 1. The van der Waals surface area contributed by atoms with Crippen molar-refractivity contribution in [1.29, 1.82) is 0 Å². The first-order valence-corrected chi connectivity index (χ1v) is 5.40. The van der Waals surface area contributed by atoms with Crippen LogP contribution in [0.1, 0.15) is 10.5 Å². The van der Waals surface area contributed by atoms with Gasteiger partial charge < -0.3 is 4.52 Å². The van der Waals surface area contributed by atoms with Gasteiger partial charge in [-0.2, -0.15) is 5.21 Å². The molecule has 0 saturated carbocycles. The molecule has 8 nitrogen and oxygen atoms in total. The molecular weight excluding hydrogens is 248 g/mol. The molecule has 0 spiro atoms. The van der Waals surface area contributed by atoms with E-state index in [1.807, 2.05) is 30.3 Å². The summed E-state index contributed by atoms with van der Waals surface area (Å²) < 4.78 is 5.12. The third-order valence-corrected chi connectivity index (χ3v) is 2.37. The van der Waals surface area contributed by atoms with E-state index in [9.17, 15) is 4.79 Å². The third kappa shape index (κ3) is 2.32. The number of nitrogens with zero attached hydrogens (tertiary/aromatic N) is 4. The highest BCUT2D eigenvalue weighted by Gasteiger charge is 2.15. The second-order valence-corrected chi connectivity index (χ2v) is 3.63. The molecular formula is C11H8N6O2. The van der Waals surface area contributed by atoms with Crippen LogP contribution >= 0.6 is 0 Å². The molecule has 19 heavy (non-hydrogen) atoms. The average Bonchev–Trinajstić information content (AvgIpc) is 3.10. The Balaban J connectivity index is 1.80. The Morgan fingerprint density at radius 3 is 2.84 bits per heavy atom. The van der Waals surface area contributed by atoms with E-state index in [-0.39, 0.29) is 11.6 Å². The second kappa shape index (κ2) is 4.69. The lowest BCUT2D eigenvalue weighted by Crippen LogP contribution is -2.13. The number of nitrogens with one attached hydrogen (secondary N) is 2. The van der Waals surface area contributed by atoms with Crippen molar-refractivity contribution in [2.75, 3.05) is 5.32 Å². The lowest BCUT2D eigenvalue weighted by Gasteiger charge is -1.93. The number of aromatic amines is 1.